The van der Waals surface area contributed by atoms with Crippen molar-refractivity contribution in [2.45, 2.75) is 4.21 Å². The molecule has 1 rings (SSSR count). The van der Waals surface area contributed by atoms with E-state index in [2.05, 4.69) is 4.98 Å². The van der Waals surface area contributed by atoms with E-state index in [1.165, 1.54) is 0 Å². The van der Waals surface area contributed by atoms with Crippen LogP contribution in [-0.2, 0) is 9.05 Å². The Labute approximate surface area is 64.9 Å². The number of halogens is 2. The van der Waals surface area contributed by atoms with Gasteiger partial charge in [-0.2, -0.15) is 4.39 Å². The molecule has 0 saturated carbocycles. The lowest BCUT2D eigenvalue weighted by atomic mass is 11.0. The van der Waals surface area contributed by atoms with E-state index in [4.69, 9.17) is 10.7 Å². The lowest BCUT2D eigenvalue weighted by molar-refractivity contribution is 0.611. The van der Waals surface area contributed by atoms with E-state index in [-0.39, 0.29) is 4.21 Å². The summed E-state index contributed by atoms with van der Waals surface area (Å²) in [6.45, 7) is 0. The molecule has 0 aliphatic rings. The van der Waals surface area contributed by atoms with Crippen LogP contribution >= 0.6 is 22.0 Å². The highest BCUT2D eigenvalue weighted by atomic mass is 35.7. The van der Waals surface area contributed by atoms with Gasteiger partial charge in [0, 0.05) is 10.7 Å². The molecule has 0 N–H and O–H groups in total. The smallest absolute Gasteiger partial charge is 0.217 e. The maximum absolute atomic E-state index is 12.0. The monoisotopic (exact) mass is 201 g/mol. The second kappa shape index (κ2) is 2.44. The number of hydrogen-bond donors (Lipinski definition) is 0. The molecule has 0 spiro atoms. The van der Waals surface area contributed by atoms with Crippen molar-refractivity contribution in [3.05, 3.63) is 11.5 Å². The van der Waals surface area contributed by atoms with Crippen LogP contribution in [0.2, 0.25) is 0 Å². The van der Waals surface area contributed by atoms with E-state index in [1.54, 1.807) is 0 Å². The van der Waals surface area contributed by atoms with Crippen molar-refractivity contribution in [1.29, 1.82) is 0 Å². The highest BCUT2D eigenvalue weighted by Gasteiger charge is 2.13. The SMILES string of the molecule is O=S(=O)(Cl)c1cnc(F)s1. The first-order chi connectivity index (χ1) is 4.50. The molecule has 56 valence electrons. The highest BCUT2D eigenvalue weighted by molar-refractivity contribution is 8.15. The third kappa shape index (κ3) is 1.65. The van der Waals surface area contributed by atoms with E-state index in [0.717, 1.165) is 6.20 Å². The Morgan fingerprint density at radius 1 is 1.70 bits per heavy atom. The van der Waals surface area contributed by atoms with Gasteiger partial charge in [0.1, 0.15) is 0 Å². The Morgan fingerprint density at radius 2 is 2.30 bits per heavy atom. The van der Waals surface area contributed by atoms with E-state index in [0.29, 0.717) is 11.3 Å². The minimum Gasteiger partial charge on any atom is -0.217 e. The molecule has 0 saturated heterocycles. The van der Waals surface area contributed by atoms with Crippen LogP contribution in [-0.4, -0.2) is 13.4 Å². The fourth-order valence-electron chi connectivity index (χ4n) is 0.352. The summed E-state index contributed by atoms with van der Waals surface area (Å²) in [5.41, 5.74) is 0. The first-order valence-electron chi connectivity index (χ1n) is 2.06. The van der Waals surface area contributed by atoms with E-state index in [9.17, 15) is 12.8 Å². The molecule has 1 aromatic heterocycles. The first-order valence-corrected chi connectivity index (χ1v) is 5.19. The molecule has 0 aromatic carbocycles. The summed E-state index contributed by atoms with van der Waals surface area (Å²) in [6.07, 6.45) is 0.877. The molecule has 3 nitrogen and oxygen atoms in total. The van der Waals surface area contributed by atoms with Crippen LogP contribution in [0.5, 0.6) is 0 Å². The first kappa shape index (κ1) is 7.90. The summed E-state index contributed by atoms with van der Waals surface area (Å²) in [6, 6.07) is 0. The van der Waals surface area contributed by atoms with Crippen molar-refractivity contribution >= 4 is 31.1 Å². The minimum atomic E-state index is -3.79. The van der Waals surface area contributed by atoms with E-state index in [1.807, 2.05) is 0 Å². The molecule has 1 aromatic rings. The highest BCUT2D eigenvalue weighted by Crippen LogP contribution is 2.20. The number of aromatic nitrogens is 1. The summed E-state index contributed by atoms with van der Waals surface area (Å²) < 4.78 is 32.6. The quantitative estimate of drug-likeness (QED) is 0.642. The van der Waals surface area contributed by atoms with Gasteiger partial charge >= 0.3 is 0 Å². The molecular weight excluding hydrogens is 201 g/mol. The molecule has 0 atom stereocenters. The zero-order valence-corrected chi connectivity index (χ0v) is 6.80. The third-order valence-electron chi connectivity index (χ3n) is 0.697. The topological polar surface area (TPSA) is 47.0 Å². The van der Waals surface area contributed by atoms with Gasteiger partial charge in [-0.25, -0.2) is 13.4 Å². The van der Waals surface area contributed by atoms with Gasteiger partial charge in [0.25, 0.3) is 14.3 Å². The summed E-state index contributed by atoms with van der Waals surface area (Å²) in [7, 11) is 1.05. The van der Waals surface area contributed by atoms with Gasteiger partial charge in [-0.05, 0) is 0 Å². The van der Waals surface area contributed by atoms with Gasteiger partial charge in [0.2, 0.25) is 0 Å². The van der Waals surface area contributed by atoms with Gasteiger partial charge in [0.15, 0.2) is 4.21 Å². The second-order valence-electron chi connectivity index (χ2n) is 1.37. The molecule has 0 aliphatic heterocycles. The molecule has 0 unspecified atom stereocenters. The Morgan fingerprint density at radius 3 is 2.50 bits per heavy atom. The molecule has 0 bridgehead atoms. The Hall–Kier alpha value is -0.200. The molecule has 7 heteroatoms. The Kier molecular flexibility index (Phi) is 1.93. The zero-order chi connectivity index (χ0) is 7.78. The van der Waals surface area contributed by atoms with Crippen molar-refractivity contribution in [3.63, 3.8) is 0 Å². The van der Waals surface area contributed by atoms with Crippen LogP contribution in [0.1, 0.15) is 0 Å². The van der Waals surface area contributed by atoms with Gasteiger partial charge in [-0.15, -0.1) is 0 Å². The summed E-state index contributed by atoms with van der Waals surface area (Å²) in [5.74, 6) is 0. The third-order valence-corrected chi connectivity index (χ3v) is 3.54. The van der Waals surface area contributed by atoms with Crippen LogP contribution in [0, 0.1) is 5.26 Å². The Balaban J connectivity index is 3.21. The van der Waals surface area contributed by atoms with Crippen LogP contribution in [0.3, 0.4) is 0 Å². The van der Waals surface area contributed by atoms with E-state index >= 15 is 0 Å². The van der Waals surface area contributed by atoms with Crippen LogP contribution < -0.4 is 0 Å². The number of nitrogens with zero attached hydrogens (tertiary/aromatic N) is 1. The maximum atomic E-state index is 12.0. The summed E-state index contributed by atoms with van der Waals surface area (Å²) in [4.78, 5) is 3.07. The van der Waals surface area contributed by atoms with Crippen LogP contribution in [0.25, 0.3) is 0 Å². The minimum absolute atomic E-state index is 0.272. The van der Waals surface area contributed by atoms with Crippen molar-refractivity contribution in [1.82, 2.24) is 4.98 Å². The second-order valence-corrected chi connectivity index (χ2v) is 5.14. The molecule has 0 fully saturated rings. The number of thiazole rings is 1. The predicted octanol–water partition coefficient (Wildman–Crippen LogP) is 1.21. The average molecular weight is 202 g/mol. The van der Waals surface area contributed by atoms with E-state index < -0.39 is 14.3 Å². The van der Waals surface area contributed by atoms with Crippen LogP contribution in [0.4, 0.5) is 4.39 Å². The average Bonchev–Trinajstić information content (AvgIpc) is 2.11. The summed E-state index contributed by atoms with van der Waals surface area (Å²) in [5, 5.41) is -0.806. The lowest BCUT2D eigenvalue weighted by Crippen LogP contribution is -1.83. The molecule has 0 radical (unpaired) electrons. The maximum Gasteiger partial charge on any atom is 0.272 e. The normalized spacial score (nSPS) is 11.8. The van der Waals surface area contributed by atoms with Gasteiger partial charge in [-0.1, -0.05) is 11.3 Å². The molecule has 10 heavy (non-hydrogen) atoms. The largest absolute Gasteiger partial charge is 0.272 e. The number of rotatable bonds is 1. The molecular formula is C3HClFNO2S2. The fraction of sp³-hybridized carbons (Fsp3) is 0. The standard InChI is InChI=1S/C3HClFNO2S2/c4-10(7,8)2-1-6-3(5)9-2/h1H. The summed E-state index contributed by atoms with van der Waals surface area (Å²) >= 11 is 0.397. The molecule has 0 aliphatic carbocycles. The molecule has 0 amide bonds. The Bertz CT molecular complexity index is 332. The van der Waals surface area contributed by atoms with Crippen molar-refractivity contribution < 1.29 is 12.8 Å². The van der Waals surface area contributed by atoms with Gasteiger partial charge < -0.3 is 0 Å². The van der Waals surface area contributed by atoms with Crippen molar-refractivity contribution in [2.24, 2.45) is 0 Å². The van der Waals surface area contributed by atoms with Crippen LogP contribution in [0.15, 0.2) is 10.4 Å². The van der Waals surface area contributed by atoms with Gasteiger partial charge in [0.05, 0.1) is 6.20 Å². The fourth-order valence-corrected chi connectivity index (χ4v) is 1.91. The lowest BCUT2D eigenvalue weighted by Gasteiger charge is -1.81. The van der Waals surface area contributed by atoms with Crippen molar-refractivity contribution in [2.75, 3.05) is 0 Å². The predicted molar refractivity (Wildman–Crippen MR) is 35.1 cm³/mol. The van der Waals surface area contributed by atoms with Gasteiger partial charge in [-0.3, -0.25) is 0 Å². The molecule has 1 heterocycles. The van der Waals surface area contributed by atoms with Crippen molar-refractivity contribution in [3.8, 4) is 0 Å². The zero-order valence-electron chi connectivity index (χ0n) is 4.41. The number of hydrogen-bond acceptors (Lipinski definition) is 4.